The Kier molecular flexibility index (Phi) is 3.23. The SMILES string of the molecule is CCOC(=O)Cn1sc2ncc(C)cc2c1=O. The van der Waals surface area contributed by atoms with Gasteiger partial charge in [-0.05, 0) is 37.0 Å². The Morgan fingerprint density at radius 2 is 2.35 bits per heavy atom. The van der Waals surface area contributed by atoms with Gasteiger partial charge in [0.1, 0.15) is 11.4 Å². The Morgan fingerprint density at radius 1 is 1.59 bits per heavy atom. The summed E-state index contributed by atoms with van der Waals surface area (Å²) in [5.74, 6) is -0.405. The van der Waals surface area contributed by atoms with Gasteiger partial charge >= 0.3 is 5.97 Å². The molecule has 0 bridgehead atoms. The van der Waals surface area contributed by atoms with Gasteiger partial charge in [-0.1, -0.05) is 0 Å². The molecule has 6 heteroatoms. The molecule has 0 fully saturated rings. The molecule has 0 aliphatic heterocycles. The molecule has 0 saturated carbocycles. The molecule has 5 nitrogen and oxygen atoms in total. The van der Waals surface area contributed by atoms with Crippen molar-refractivity contribution in [1.82, 2.24) is 8.94 Å². The third kappa shape index (κ3) is 2.36. The van der Waals surface area contributed by atoms with Crippen LogP contribution in [0.15, 0.2) is 17.1 Å². The molecule has 2 aromatic rings. The molecule has 2 rings (SSSR count). The van der Waals surface area contributed by atoms with E-state index in [0.29, 0.717) is 16.8 Å². The fourth-order valence-corrected chi connectivity index (χ4v) is 2.40. The van der Waals surface area contributed by atoms with E-state index in [1.807, 2.05) is 6.92 Å². The maximum absolute atomic E-state index is 11.9. The highest BCUT2D eigenvalue weighted by Gasteiger charge is 2.12. The second-order valence-electron chi connectivity index (χ2n) is 3.60. The Balaban J connectivity index is 2.39. The Morgan fingerprint density at radius 3 is 3.06 bits per heavy atom. The number of aromatic nitrogens is 2. The number of carbonyl (C=O) groups excluding carboxylic acids is 1. The zero-order valence-electron chi connectivity index (χ0n) is 9.60. The van der Waals surface area contributed by atoms with Crippen LogP contribution in [0.3, 0.4) is 0 Å². The molecule has 0 unspecified atom stereocenters. The molecule has 2 heterocycles. The molecule has 17 heavy (non-hydrogen) atoms. The maximum atomic E-state index is 11.9. The summed E-state index contributed by atoms with van der Waals surface area (Å²) in [5.41, 5.74) is 0.741. The minimum atomic E-state index is -0.405. The van der Waals surface area contributed by atoms with Crippen molar-refractivity contribution in [3.63, 3.8) is 0 Å². The van der Waals surface area contributed by atoms with Crippen molar-refractivity contribution in [3.05, 3.63) is 28.2 Å². The molecule has 0 spiro atoms. The molecule has 0 aromatic carbocycles. The largest absolute Gasteiger partial charge is 0.465 e. The lowest BCUT2D eigenvalue weighted by Crippen LogP contribution is -2.20. The third-order valence-corrected chi connectivity index (χ3v) is 3.23. The zero-order chi connectivity index (χ0) is 12.4. The topological polar surface area (TPSA) is 61.2 Å². The van der Waals surface area contributed by atoms with E-state index in [2.05, 4.69) is 4.98 Å². The van der Waals surface area contributed by atoms with Crippen LogP contribution in [0.1, 0.15) is 12.5 Å². The summed E-state index contributed by atoms with van der Waals surface area (Å²) in [6.45, 7) is 3.87. The van der Waals surface area contributed by atoms with Gasteiger partial charge in [0.05, 0.1) is 12.0 Å². The second kappa shape index (κ2) is 4.67. The number of esters is 1. The molecule has 2 aromatic heterocycles. The van der Waals surface area contributed by atoms with Crippen molar-refractivity contribution in [2.45, 2.75) is 20.4 Å². The van der Waals surface area contributed by atoms with Crippen LogP contribution >= 0.6 is 11.5 Å². The Bertz CT molecular complexity index is 615. The molecule has 90 valence electrons. The van der Waals surface area contributed by atoms with Gasteiger partial charge in [-0.3, -0.25) is 13.5 Å². The van der Waals surface area contributed by atoms with E-state index in [1.165, 1.54) is 15.5 Å². The number of hydrogen-bond donors (Lipinski definition) is 0. The van der Waals surface area contributed by atoms with E-state index in [9.17, 15) is 9.59 Å². The number of carbonyl (C=O) groups is 1. The standard InChI is InChI=1S/C11H12N2O3S/c1-3-16-9(14)6-13-11(15)8-4-7(2)5-12-10(8)17-13/h4-5H,3,6H2,1-2H3. The number of ether oxygens (including phenoxy) is 1. The van der Waals surface area contributed by atoms with Gasteiger partial charge in [-0.2, -0.15) is 0 Å². The predicted octanol–water partition coefficient (Wildman–Crippen LogP) is 1.33. The molecular formula is C11H12N2O3S. The fourth-order valence-electron chi connectivity index (χ4n) is 1.49. The van der Waals surface area contributed by atoms with Crippen LogP contribution < -0.4 is 5.56 Å². The van der Waals surface area contributed by atoms with Crippen LogP contribution in [-0.4, -0.2) is 21.5 Å². The van der Waals surface area contributed by atoms with Gasteiger partial charge in [0.25, 0.3) is 5.56 Å². The molecule has 0 saturated heterocycles. The minimum Gasteiger partial charge on any atom is -0.465 e. The number of fused-ring (bicyclic) bond motifs is 1. The first kappa shape index (κ1) is 11.8. The van der Waals surface area contributed by atoms with Gasteiger partial charge in [0.15, 0.2) is 0 Å². The van der Waals surface area contributed by atoms with Crippen molar-refractivity contribution in [2.24, 2.45) is 0 Å². The molecule has 0 radical (unpaired) electrons. The van der Waals surface area contributed by atoms with E-state index in [0.717, 1.165) is 5.56 Å². The first-order valence-corrected chi connectivity index (χ1v) is 6.01. The maximum Gasteiger partial charge on any atom is 0.327 e. The summed E-state index contributed by atoms with van der Waals surface area (Å²) in [7, 11) is 0. The van der Waals surface area contributed by atoms with Crippen molar-refractivity contribution in [3.8, 4) is 0 Å². The van der Waals surface area contributed by atoms with Crippen LogP contribution in [0.25, 0.3) is 10.2 Å². The van der Waals surface area contributed by atoms with Crippen molar-refractivity contribution < 1.29 is 9.53 Å². The smallest absolute Gasteiger partial charge is 0.327 e. The fraction of sp³-hybridized carbons (Fsp3) is 0.364. The third-order valence-electron chi connectivity index (χ3n) is 2.22. The van der Waals surface area contributed by atoms with E-state index in [1.54, 1.807) is 19.2 Å². The van der Waals surface area contributed by atoms with Gasteiger partial charge in [-0.15, -0.1) is 0 Å². The summed E-state index contributed by atoms with van der Waals surface area (Å²) in [4.78, 5) is 28.1. The van der Waals surface area contributed by atoms with Gasteiger partial charge < -0.3 is 4.74 Å². The zero-order valence-corrected chi connectivity index (χ0v) is 10.4. The average molecular weight is 252 g/mol. The summed E-state index contributed by atoms with van der Waals surface area (Å²) in [5, 5.41) is 0.555. The molecule has 0 amide bonds. The van der Waals surface area contributed by atoms with Crippen LogP contribution in [0.2, 0.25) is 0 Å². The van der Waals surface area contributed by atoms with E-state index in [-0.39, 0.29) is 12.1 Å². The highest BCUT2D eigenvalue weighted by molar-refractivity contribution is 7.13. The molecule has 0 aliphatic rings. The number of rotatable bonds is 3. The van der Waals surface area contributed by atoms with Gasteiger partial charge in [0.2, 0.25) is 0 Å². The lowest BCUT2D eigenvalue weighted by molar-refractivity contribution is -0.143. The monoisotopic (exact) mass is 252 g/mol. The molecule has 0 atom stereocenters. The quantitative estimate of drug-likeness (QED) is 0.773. The Hall–Kier alpha value is -1.69. The minimum absolute atomic E-state index is 0.0489. The van der Waals surface area contributed by atoms with Crippen LogP contribution in [0, 0.1) is 6.92 Å². The Labute approximate surface area is 102 Å². The summed E-state index contributed by atoms with van der Waals surface area (Å²) < 4.78 is 6.18. The summed E-state index contributed by atoms with van der Waals surface area (Å²) in [6, 6.07) is 1.78. The van der Waals surface area contributed by atoms with Crippen LogP contribution in [0.4, 0.5) is 0 Å². The van der Waals surface area contributed by atoms with Crippen molar-refractivity contribution in [1.29, 1.82) is 0 Å². The first-order valence-electron chi connectivity index (χ1n) is 5.24. The highest BCUT2D eigenvalue weighted by Crippen LogP contribution is 2.14. The molecule has 0 N–H and O–H groups in total. The van der Waals surface area contributed by atoms with Crippen LogP contribution in [-0.2, 0) is 16.1 Å². The average Bonchev–Trinajstić information content (AvgIpc) is 2.57. The number of pyridine rings is 1. The lowest BCUT2D eigenvalue weighted by Gasteiger charge is -1.99. The lowest BCUT2D eigenvalue weighted by atomic mass is 10.3. The van der Waals surface area contributed by atoms with Gasteiger partial charge in [0, 0.05) is 6.20 Å². The van der Waals surface area contributed by atoms with Gasteiger partial charge in [-0.25, -0.2) is 4.98 Å². The van der Waals surface area contributed by atoms with Crippen LogP contribution in [0.5, 0.6) is 0 Å². The number of hydrogen-bond acceptors (Lipinski definition) is 5. The normalized spacial score (nSPS) is 10.7. The molecular weight excluding hydrogens is 240 g/mol. The molecule has 0 aliphatic carbocycles. The van der Waals surface area contributed by atoms with Crippen molar-refractivity contribution in [2.75, 3.05) is 6.61 Å². The summed E-state index contributed by atoms with van der Waals surface area (Å²) >= 11 is 1.18. The predicted molar refractivity (Wildman–Crippen MR) is 65.3 cm³/mol. The highest BCUT2D eigenvalue weighted by atomic mass is 32.1. The number of nitrogens with zero attached hydrogens (tertiary/aromatic N) is 2. The van der Waals surface area contributed by atoms with Crippen molar-refractivity contribution >= 4 is 27.7 Å². The number of aryl methyl sites for hydroxylation is 1. The van der Waals surface area contributed by atoms with E-state index < -0.39 is 5.97 Å². The van der Waals surface area contributed by atoms with E-state index in [4.69, 9.17) is 4.74 Å². The summed E-state index contributed by atoms with van der Waals surface area (Å²) in [6.07, 6.45) is 1.70. The second-order valence-corrected chi connectivity index (χ2v) is 4.61. The van der Waals surface area contributed by atoms with E-state index >= 15 is 0 Å². The first-order chi connectivity index (χ1) is 8.11.